The van der Waals surface area contributed by atoms with Crippen LogP contribution in [-0.2, 0) is 0 Å². The van der Waals surface area contributed by atoms with Crippen molar-refractivity contribution in [3.05, 3.63) is 58.1 Å². The summed E-state index contributed by atoms with van der Waals surface area (Å²) in [6, 6.07) is 11.3. The second kappa shape index (κ2) is 5.75. The molecule has 0 saturated carbocycles. The molecule has 0 aliphatic rings. The Morgan fingerprint density at radius 3 is 2.55 bits per heavy atom. The summed E-state index contributed by atoms with van der Waals surface area (Å²) < 4.78 is 0. The van der Waals surface area contributed by atoms with Gasteiger partial charge in [-0.05, 0) is 35.6 Å². The molecule has 0 saturated heterocycles. The molecule has 0 aliphatic heterocycles. The van der Waals surface area contributed by atoms with Crippen LogP contribution in [0.3, 0.4) is 0 Å². The number of carboxylic acids is 1. The Balaban J connectivity index is 2.60. The lowest BCUT2D eigenvalue weighted by Crippen LogP contribution is -1.99. The van der Waals surface area contributed by atoms with Gasteiger partial charge in [-0.15, -0.1) is 11.8 Å². The Kier molecular flexibility index (Phi) is 4.05. The molecule has 0 heterocycles. The van der Waals surface area contributed by atoms with Crippen LogP contribution in [0.15, 0.2) is 47.4 Å². The topological polar surface area (TPSA) is 80.4 Å². The van der Waals surface area contributed by atoms with Crippen LogP contribution < -0.4 is 0 Å². The molecule has 0 radical (unpaired) electrons. The summed E-state index contributed by atoms with van der Waals surface area (Å²) in [6.45, 7) is 0. The first-order chi connectivity index (χ1) is 9.51. The zero-order valence-corrected chi connectivity index (χ0v) is 11.4. The standard InChI is InChI=1S/C14H11NO4S/c1-20-13-4-2-3-9(8-13)10-5-11(14(16)17)7-12(6-10)15(18)19/h2-8H,1H3,(H,16,17). The van der Waals surface area contributed by atoms with Crippen LogP contribution in [0.1, 0.15) is 10.4 Å². The third-order valence-corrected chi connectivity index (χ3v) is 3.50. The number of thioether (sulfide) groups is 1. The molecule has 0 bridgehead atoms. The SMILES string of the molecule is CSc1cccc(-c2cc(C(=O)O)cc([N+](=O)[O-])c2)c1. The maximum Gasteiger partial charge on any atom is 0.335 e. The number of nitro benzene ring substituents is 1. The highest BCUT2D eigenvalue weighted by Gasteiger charge is 2.14. The lowest BCUT2D eigenvalue weighted by Gasteiger charge is -2.05. The molecule has 1 N–H and O–H groups in total. The highest BCUT2D eigenvalue weighted by atomic mass is 32.2. The van der Waals surface area contributed by atoms with Gasteiger partial charge in [-0.2, -0.15) is 0 Å². The fourth-order valence-corrected chi connectivity index (χ4v) is 2.27. The molecule has 6 heteroatoms. The number of carboxylic acid groups (broad SMARTS) is 1. The average molecular weight is 289 g/mol. The third kappa shape index (κ3) is 2.97. The van der Waals surface area contributed by atoms with Gasteiger partial charge in [0, 0.05) is 17.0 Å². The lowest BCUT2D eigenvalue weighted by atomic mass is 10.0. The van der Waals surface area contributed by atoms with Crippen molar-refractivity contribution in [3.8, 4) is 11.1 Å². The first-order valence-electron chi connectivity index (χ1n) is 5.68. The van der Waals surface area contributed by atoms with Crippen LogP contribution in [0, 0.1) is 10.1 Å². The molecule has 0 amide bonds. The molecule has 0 atom stereocenters. The second-order valence-electron chi connectivity index (χ2n) is 4.06. The number of hydrogen-bond acceptors (Lipinski definition) is 4. The Morgan fingerprint density at radius 2 is 1.95 bits per heavy atom. The van der Waals surface area contributed by atoms with Crippen molar-refractivity contribution >= 4 is 23.4 Å². The van der Waals surface area contributed by atoms with Crippen LogP contribution in [-0.4, -0.2) is 22.3 Å². The molecule has 2 aromatic rings. The number of non-ortho nitro benzene ring substituents is 1. The van der Waals surface area contributed by atoms with Crippen LogP contribution in [0.5, 0.6) is 0 Å². The van der Waals surface area contributed by atoms with Gasteiger partial charge in [0.15, 0.2) is 0 Å². The van der Waals surface area contributed by atoms with Crippen molar-refractivity contribution in [3.63, 3.8) is 0 Å². The Labute approximate surface area is 119 Å². The molecule has 0 spiro atoms. The quantitative estimate of drug-likeness (QED) is 0.527. The van der Waals surface area contributed by atoms with Crippen molar-refractivity contribution in [1.29, 1.82) is 0 Å². The number of nitrogens with zero attached hydrogens (tertiary/aromatic N) is 1. The number of aromatic carboxylic acids is 1. The van der Waals surface area contributed by atoms with E-state index in [1.165, 1.54) is 12.1 Å². The fourth-order valence-electron chi connectivity index (χ4n) is 1.81. The molecular formula is C14H11NO4S. The van der Waals surface area contributed by atoms with E-state index in [9.17, 15) is 14.9 Å². The molecule has 0 aromatic heterocycles. The summed E-state index contributed by atoms with van der Waals surface area (Å²) in [7, 11) is 0. The number of nitro groups is 1. The average Bonchev–Trinajstić information content (AvgIpc) is 2.46. The van der Waals surface area contributed by atoms with Gasteiger partial charge in [0.2, 0.25) is 0 Å². The van der Waals surface area contributed by atoms with Crippen LogP contribution in [0.4, 0.5) is 5.69 Å². The Morgan fingerprint density at radius 1 is 1.20 bits per heavy atom. The number of rotatable bonds is 4. The van der Waals surface area contributed by atoms with Gasteiger partial charge in [-0.25, -0.2) is 4.79 Å². The van der Waals surface area contributed by atoms with E-state index in [-0.39, 0.29) is 11.3 Å². The van der Waals surface area contributed by atoms with E-state index in [0.29, 0.717) is 5.56 Å². The summed E-state index contributed by atoms with van der Waals surface area (Å²) in [6.07, 6.45) is 1.93. The van der Waals surface area contributed by atoms with E-state index in [2.05, 4.69) is 0 Å². The molecule has 20 heavy (non-hydrogen) atoms. The first-order valence-corrected chi connectivity index (χ1v) is 6.91. The minimum Gasteiger partial charge on any atom is -0.478 e. The molecule has 0 unspecified atom stereocenters. The highest BCUT2D eigenvalue weighted by Crippen LogP contribution is 2.28. The van der Waals surface area contributed by atoms with Gasteiger partial charge in [-0.3, -0.25) is 10.1 Å². The van der Waals surface area contributed by atoms with Crippen molar-refractivity contribution in [2.24, 2.45) is 0 Å². The predicted octanol–water partition coefficient (Wildman–Crippen LogP) is 3.68. The Hall–Kier alpha value is -2.34. The number of carbonyl (C=O) groups is 1. The molecule has 2 rings (SSSR count). The van der Waals surface area contributed by atoms with E-state index in [0.717, 1.165) is 16.5 Å². The minimum absolute atomic E-state index is 0.0937. The van der Waals surface area contributed by atoms with E-state index in [4.69, 9.17) is 5.11 Å². The molecule has 0 aliphatic carbocycles. The van der Waals surface area contributed by atoms with Gasteiger partial charge in [0.1, 0.15) is 0 Å². The maximum atomic E-state index is 11.1. The first kappa shape index (κ1) is 14.1. The largest absolute Gasteiger partial charge is 0.478 e. The summed E-state index contributed by atoms with van der Waals surface area (Å²) >= 11 is 1.55. The number of benzene rings is 2. The van der Waals surface area contributed by atoms with E-state index in [1.807, 2.05) is 24.5 Å². The van der Waals surface area contributed by atoms with Gasteiger partial charge in [0.05, 0.1) is 10.5 Å². The van der Waals surface area contributed by atoms with Gasteiger partial charge in [0.25, 0.3) is 5.69 Å². The zero-order valence-electron chi connectivity index (χ0n) is 10.6. The second-order valence-corrected chi connectivity index (χ2v) is 4.94. The summed E-state index contributed by atoms with van der Waals surface area (Å²) in [4.78, 5) is 22.4. The minimum atomic E-state index is -1.18. The lowest BCUT2D eigenvalue weighted by molar-refractivity contribution is -0.384. The van der Waals surface area contributed by atoms with Crippen molar-refractivity contribution < 1.29 is 14.8 Å². The monoisotopic (exact) mass is 289 g/mol. The van der Waals surface area contributed by atoms with E-state index in [1.54, 1.807) is 17.8 Å². The maximum absolute atomic E-state index is 11.1. The molecule has 2 aromatic carbocycles. The van der Waals surface area contributed by atoms with Crippen molar-refractivity contribution in [1.82, 2.24) is 0 Å². The van der Waals surface area contributed by atoms with Gasteiger partial charge in [-0.1, -0.05) is 12.1 Å². The fraction of sp³-hybridized carbons (Fsp3) is 0.0714. The predicted molar refractivity (Wildman–Crippen MR) is 77.3 cm³/mol. The summed E-state index contributed by atoms with van der Waals surface area (Å²) in [5.41, 5.74) is 0.953. The molecule has 0 fully saturated rings. The Bertz CT molecular complexity index is 652. The zero-order chi connectivity index (χ0) is 14.7. The van der Waals surface area contributed by atoms with Crippen molar-refractivity contribution in [2.45, 2.75) is 4.90 Å². The molecular weight excluding hydrogens is 278 g/mol. The van der Waals surface area contributed by atoms with Gasteiger partial charge >= 0.3 is 5.97 Å². The summed E-state index contributed by atoms with van der Waals surface area (Å²) in [5, 5.41) is 19.9. The van der Waals surface area contributed by atoms with Gasteiger partial charge < -0.3 is 5.11 Å². The molecule has 5 nitrogen and oxygen atoms in total. The van der Waals surface area contributed by atoms with E-state index < -0.39 is 10.9 Å². The smallest absolute Gasteiger partial charge is 0.335 e. The van der Waals surface area contributed by atoms with Crippen LogP contribution >= 0.6 is 11.8 Å². The van der Waals surface area contributed by atoms with E-state index >= 15 is 0 Å². The van der Waals surface area contributed by atoms with Crippen molar-refractivity contribution in [2.75, 3.05) is 6.26 Å². The normalized spacial score (nSPS) is 10.2. The third-order valence-electron chi connectivity index (χ3n) is 2.78. The van der Waals surface area contributed by atoms with Crippen LogP contribution in [0.2, 0.25) is 0 Å². The summed E-state index contributed by atoms with van der Waals surface area (Å²) in [5.74, 6) is -1.18. The highest BCUT2D eigenvalue weighted by molar-refractivity contribution is 7.98. The number of hydrogen-bond donors (Lipinski definition) is 1. The van der Waals surface area contributed by atoms with Crippen LogP contribution in [0.25, 0.3) is 11.1 Å². The molecule has 102 valence electrons.